The lowest BCUT2D eigenvalue weighted by Crippen LogP contribution is -2.34. The average molecular weight is 261 g/mol. The van der Waals surface area contributed by atoms with Crippen LogP contribution in [0.15, 0.2) is 6.20 Å². The highest BCUT2D eigenvalue weighted by molar-refractivity contribution is 5.26. The molecule has 0 radical (unpaired) electrons. The summed E-state index contributed by atoms with van der Waals surface area (Å²) < 4.78 is 0. The first kappa shape index (κ1) is 14.4. The fourth-order valence-corrected chi connectivity index (χ4v) is 2.93. The lowest BCUT2D eigenvalue weighted by molar-refractivity contribution is 0.253. The largest absolute Gasteiger partial charge is 0.310 e. The van der Waals surface area contributed by atoms with Crippen molar-refractivity contribution in [3.8, 4) is 0 Å². The molecule has 0 saturated carbocycles. The van der Waals surface area contributed by atoms with E-state index in [-0.39, 0.29) is 0 Å². The molecule has 1 N–H and O–H groups in total. The van der Waals surface area contributed by atoms with Crippen LogP contribution >= 0.6 is 0 Å². The molecule has 0 bridgehead atoms. The van der Waals surface area contributed by atoms with Crippen molar-refractivity contribution in [2.75, 3.05) is 6.54 Å². The van der Waals surface area contributed by atoms with Crippen LogP contribution in [0.4, 0.5) is 0 Å². The molecule has 3 heteroatoms. The Kier molecular flexibility index (Phi) is 4.56. The molecule has 0 spiro atoms. The van der Waals surface area contributed by atoms with Crippen LogP contribution < -0.4 is 5.32 Å². The summed E-state index contributed by atoms with van der Waals surface area (Å²) in [4.78, 5) is 9.34. The molecule has 0 saturated heterocycles. The number of hydrogen-bond donors (Lipinski definition) is 1. The SMILES string of the molecule is CCCNC1CC(C)(C)Cc2nc(CCC)ncc21. The molecule has 1 aliphatic carbocycles. The summed E-state index contributed by atoms with van der Waals surface area (Å²) in [5.41, 5.74) is 2.92. The highest BCUT2D eigenvalue weighted by atomic mass is 15.0. The first-order chi connectivity index (χ1) is 9.05. The van der Waals surface area contributed by atoms with Crippen molar-refractivity contribution >= 4 is 0 Å². The number of aryl methyl sites for hydroxylation is 1. The minimum absolute atomic E-state index is 0.330. The Labute approximate surface area is 117 Å². The summed E-state index contributed by atoms with van der Waals surface area (Å²) in [5.74, 6) is 1.01. The third-order valence-electron chi connectivity index (χ3n) is 3.84. The van der Waals surface area contributed by atoms with Gasteiger partial charge in [-0.1, -0.05) is 27.7 Å². The van der Waals surface area contributed by atoms with Crippen LogP contribution in [-0.2, 0) is 12.8 Å². The number of nitrogens with one attached hydrogen (secondary N) is 1. The van der Waals surface area contributed by atoms with Crippen LogP contribution in [-0.4, -0.2) is 16.5 Å². The summed E-state index contributed by atoms with van der Waals surface area (Å²) in [6, 6.07) is 0.425. The van der Waals surface area contributed by atoms with Crippen molar-refractivity contribution in [3.63, 3.8) is 0 Å². The van der Waals surface area contributed by atoms with Gasteiger partial charge < -0.3 is 5.32 Å². The maximum atomic E-state index is 4.81. The van der Waals surface area contributed by atoms with Gasteiger partial charge in [0.05, 0.1) is 0 Å². The number of aromatic nitrogens is 2. The van der Waals surface area contributed by atoms with Crippen LogP contribution in [0.3, 0.4) is 0 Å². The van der Waals surface area contributed by atoms with Gasteiger partial charge in [-0.25, -0.2) is 9.97 Å². The summed E-state index contributed by atoms with van der Waals surface area (Å²) in [5, 5.41) is 3.65. The molecule has 0 aliphatic heterocycles. The molecule has 1 heterocycles. The number of hydrogen-bond acceptors (Lipinski definition) is 3. The maximum Gasteiger partial charge on any atom is 0.128 e. The van der Waals surface area contributed by atoms with E-state index >= 15 is 0 Å². The predicted molar refractivity (Wildman–Crippen MR) is 79.2 cm³/mol. The summed E-state index contributed by atoms with van der Waals surface area (Å²) in [6.07, 6.45) is 7.58. The Morgan fingerprint density at radius 1 is 1.32 bits per heavy atom. The van der Waals surface area contributed by atoms with Gasteiger partial charge >= 0.3 is 0 Å². The zero-order chi connectivity index (χ0) is 13.9. The first-order valence-electron chi connectivity index (χ1n) is 7.64. The van der Waals surface area contributed by atoms with E-state index in [1.165, 1.54) is 24.1 Å². The number of nitrogens with zero attached hydrogens (tertiary/aromatic N) is 2. The third-order valence-corrected chi connectivity index (χ3v) is 3.84. The molecule has 2 rings (SSSR count). The van der Waals surface area contributed by atoms with Crippen molar-refractivity contribution < 1.29 is 0 Å². The van der Waals surface area contributed by atoms with Crippen LogP contribution in [0.1, 0.15) is 70.1 Å². The minimum Gasteiger partial charge on any atom is -0.310 e. The van der Waals surface area contributed by atoms with Gasteiger partial charge in [0.1, 0.15) is 5.82 Å². The van der Waals surface area contributed by atoms with Gasteiger partial charge in [0.15, 0.2) is 0 Å². The average Bonchev–Trinajstić information content (AvgIpc) is 2.34. The quantitative estimate of drug-likeness (QED) is 0.882. The molecule has 0 fully saturated rings. The molecule has 1 aliphatic rings. The van der Waals surface area contributed by atoms with Crippen LogP contribution in [0.25, 0.3) is 0 Å². The second kappa shape index (κ2) is 6.00. The maximum absolute atomic E-state index is 4.81. The van der Waals surface area contributed by atoms with Gasteiger partial charge in [-0.05, 0) is 37.6 Å². The molecule has 0 aromatic carbocycles. The second-order valence-corrected chi connectivity index (χ2v) is 6.49. The normalized spacial score (nSPS) is 21.2. The van der Waals surface area contributed by atoms with Crippen molar-refractivity contribution in [3.05, 3.63) is 23.3 Å². The van der Waals surface area contributed by atoms with E-state index in [4.69, 9.17) is 4.98 Å². The lowest BCUT2D eigenvalue weighted by atomic mass is 9.74. The van der Waals surface area contributed by atoms with Crippen molar-refractivity contribution in [2.24, 2.45) is 5.41 Å². The van der Waals surface area contributed by atoms with E-state index in [2.05, 4.69) is 44.2 Å². The fourth-order valence-electron chi connectivity index (χ4n) is 2.93. The molecule has 106 valence electrons. The standard InChI is InChI=1S/C16H27N3/c1-5-7-15-18-11-12-13(17-8-6-2)9-16(3,4)10-14(12)19-15/h11,13,17H,5-10H2,1-4H3. The second-order valence-electron chi connectivity index (χ2n) is 6.49. The third kappa shape index (κ3) is 3.53. The van der Waals surface area contributed by atoms with Gasteiger partial charge in [-0.2, -0.15) is 0 Å². The molecular weight excluding hydrogens is 234 g/mol. The molecule has 1 unspecified atom stereocenters. The summed E-state index contributed by atoms with van der Waals surface area (Å²) >= 11 is 0. The zero-order valence-corrected chi connectivity index (χ0v) is 12.8. The Morgan fingerprint density at radius 2 is 2.11 bits per heavy atom. The van der Waals surface area contributed by atoms with Crippen molar-refractivity contribution in [2.45, 2.75) is 65.8 Å². The van der Waals surface area contributed by atoms with E-state index in [0.717, 1.165) is 31.6 Å². The number of fused-ring (bicyclic) bond motifs is 1. The van der Waals surface area contributed by atoms with Crippen molar-refractivity contribution in [1.29, 1.82) is 0 Å². The zero-order valence-electron chi connectivity index (χ0n) is 12.8. The fraction of sp³-hybridized carbons (Fsp3) is 0.750. The van der Waals surface area contributed by atoms with E-state index in [1.807, 2.05) is 0 Å². The molecule has 3 nitrogen and oxygen atoms in total. The van der Waals surface area contributed by atoms with E-state index in [9.17, 15) is 0 Å². The Balaban J connectivity index is 2.27. The Bertz CT molecular complexity index is 426. The van der Waals surface area contributed by atoms with Crippen LogP contribution in [0, 0.1) is 5.41 Å². The van der Waals surface area contributed by atoms with E-state index < -0.39 is 0 Å². The molecule has 1 atom stereocenters. The van der Waals surface area contributed by atoms with Gasteiger partial charge in [0.2, 0.25) is 0 Å². The molecular formula is C16H27N3. The predicted octanol–water partition coefficient (Wildman–Crippen LogP) is 3.44. The van der Waals surface area contributed by atoms with Gasteiger partial charge in [-0.3, -0.25) is 0 Å². The van der Waals surface area contributed by atoms with Gasteiger partial charge in [0.25, 0.3) is 0 Å². The smallest absolute Gasteiger partial charge is 0.128 e. The lowest BCUT2D eigenvalue weighted by Gasteiger charge is -2.36. The topological polar surface area (TPSA) is 37.8 Å². The van der Waals surface area contributed by atoms with Crippen LogP contribution in [0.2, 0.25) is 0 Å². The highest BCUT2D eigenvalue weighted by Gasteiger charge is 2.33. The molecule has 1 aromatic heterocycles. The van der Waals surface area contributed by atoms with E-state index in [1.54, 1.807) is 0 Å². The van der Waals surface area contributed by atoms with Crippen LogP contribution in [0.5, 0.6) is 0 Å². The highest BCUT2D eigenvalue weighted by Crippen LogP contribution is 2.39. The molecule has 0 amide bonds. The summed E-state index contributed by atoms with van der Waals surface area (Å²) in [6.45, 7) is 10.1. The van der Waals surface area contributed by atoms with Gasteiger partial charge in [-0.15, -0.1) is 0 Å². The Hall–Kier alpha value is -0.960. The summed E-state index contributed by atoms with van der Waals surface area (Å²) in [7, 11) is 0. The van der Waals surface area contributed by atoms with Gasteiger partial charge in [0, 0.05) is 29.9 Å². The minimum atomic E-state index is 0.330. The molecule has 1 aromatic rings. The first-order valence-corrected chi connectivity index (χ1v) is 7.64. The Morgan fingerprint density at radius 3 is 2.79 bits per heavy atom. The monoisotopic (exact) mass is 261 g/mol. The number of rotatable bonds is 5. The molecule has 19 heavy (non-hydrogen) atoms. The van der Waals surface area contributed by atoms with E-state index in [0.29, 0.717) is 11.5 Å². The van der Waals surface area contributed by atoms with Crippen molar-refractivity contribution in [1.82, 2.24) is 15.3 Å².